The van der Waals surface area contributed by atoms with Crippen LogP contribution in [0.2, 0.25) is 0 Å². The summed E-state index contributed by atoms with van der Waals surface area (Å²) in [7, 11) is 0. The maximum absolute atomic E-state index is 9.63. The van der Waals surface area contributed by atoms with Gasteiger partial charge in [0.25, 0.3) is 0 Å². The molecule has 0 aliphatic carbocycles. The first kappa shape index (κ1) is 18.0. The number of phenolic OH excluding ortho intramolecular Hbond substituents is 1. The van der Waals surface area contributed by atoms with E-state index in [0.717, 1.165) is 56.5 Å². The zero-order valence-corrected chi connectivity index (χ0v) is 15.8. The van der Waals surface area contributed by atoms with Crippen LogP contribution in [-0.2, 0) is 6.54 Å². The second kappa shape index (κ2) is 8.57. The van der Waals surface area contributed by atoms with Crippen LogP contribution in [0.4, 0.5) is 11.8 Å². The minimum atomic E-state index is 0.333. The molecule has 0 saturated carbocycles. The zero-order chi connectivity index (χ0) is 18.5. The summed E-state index contributed by atoms with van der Waals surface area (Å²) >= 11 is 0. The summed E-state index contributed by atoms with van der Waals surface area (Å²) < 4.78 is 0. The number of nitrogens with zero attached hydrogens (tertiary/aromatic N) is 4. The molecule has 0 amide bonds. The Hall–Kier alpha value is -2.34. The van der Waals surface area contributed by atoms with Gasteiger partial charge in [0, 0.05) is 45.0 Å². The fourth-order valence-electron chi connectivity index (χ4n) is 4.08. The lowest BCUT2D eigenvalue weighted by Crippen LogP contribution is -2.28. The quantitative estimate of drug-likeness (QED) is 0.846. The van der Waals surface area contributed by atoms with E-state index in [1.54, 1.807) is 6.07 Å². The van der Waals surface area contributed by atoms with Crippen molar-refractivity contribution in [3.8, 4) is 5.75 Å². The first-order valence-corrected chi connectivity index (χ1v) is 10.1. The summed E-state index contributed by atoms with van der Waals surface area (Å²) in [5, 5.41) is 13.2. The molecule has 27 heavy (non-hydrogen) atoms. The van der Waals surface area contributed by atoms with E-state index in [1.165, 1.54) is 25.7 Å². The van der Waals surface area contributed by atoms with Gasteiger partial charge in [0.15, 0.2) is 0 Å². The fourth-order valence-corrected chi connectivity index (χ4v) is 4.08. The predicted molar refractivity (Wildman–Crippen MR) is 108 cm³/mol. The van der Waals surface area contributed by atoms with Crippen molar-refractivity contribution in [1.82, 2.24) is 14.9 Å². The molecule has 1 aromatic carbocycles. The van der Waals surface area contributed by atoms with Gasteiger partial charge in [-0.15, -0.1) is 0 Å². The topological polar surface area (TPSA) is 64.5 Å². The van der Waals surface area contributed by atoms with E-state index in [2.05, 4.69) is 26.2 Å². The number of likely N-dealkylation sites (tertiary alicyclic amines) is 1. The lowest BCUT2D eigenvalue weighted by Gasteiger charge is -2.22. The summed E-state index contributed by atoms with van der Waals surface area (Å²) in [4.78, 5) is 14.0. The molecule has 2 saturated heterocycles. The molecule has 144 valence electrons. The van der Waals surface area contributed by atoms with Crippen LogP contribution in [-0.4, -0.2) is 52.2 Å². The molecule has 2 aromatic rings. The molecular formula is C21H29N5O. The lowest BCUT2D eigenvalue weighted by molar-refractivity contribution is 0.328. The van der Waals surface area contributed by atoms with Gasteiger partial charge in [0.05, 0.1) is 0 Å². The van der Waals surface area contributed by atoms with E-state index >= 15 is 0 Å². The SMILES string of the molecule is Oc1cccc(CN2CCC(Nc3nccc(N4CCCCCC4)n3)C2)c1. The molecule has 1 atom stereocenters. The van der Waals surface area contributed by atoms with Crippen LogP contribution in [0.15, 0.2) is 36.5 Å². The number of aromatic hydroxyl groups is 1. The van der Waals surface area contributed by atoms with Gasteiger partial charge in [-0.3, -0.25) is 4.90 Å². The third-order valence-corrected chi connectivity index (χ3v) is 5.49. The molecule has 6 nitrogen and oxygen atoms in total. The smallest absolute Gasteiger partial charge is 0.224 e. The van der Waals surface area contributed by atoms with Crippen molar-refractivity contribution in [2.24, 2.45) is 0 Å². The van der Waals surface area contributed by atoms with E-state index in [9.17, 15) is 5.11 Å². The van der Waals surface area contributed by atoms with Crippen LogP contribution < -0.4 is 10.2 Å². The van der Waals surface area contributed by atoms with E-state index < -0.39 is 0 Å². The molecule has 2 N–H and O–H groups in total. The number of rotatable bonds is 5. The summed E-state index contributed by atoms with van der Waals surface area (Å²) in [5.41, 5.74) is 1.15. The van der Waals surface area contributed by atoms with Crippen LogP contribution in [0.25, 0.3) is 0 Å². The number of aromatic nitrogens is 2. The summed E-state index contributed by atoms with van der Waals surface area (Å²) in [6.07, 6.45) is 8.09. The molecule has 1 aromatic heterocycles. The van der Waals surface area contributed by atoms with Crippen molar-refractivity contribution in [3.63, 3.8) is 0 Å². The number of benzene rings is 1. The molecule has 0 bridgehead atoms. The van der Waals surface area contributed by atoms with Crippen LogP contribution in [0.3, 0.4) is 0 Å². The van der Waals surface area contributed by atoms with Crippen molar-refractivity contribution in [2.75, 3.05) is 36.4 Å². The maximum atomic E-state index is 9.63. The number of hydrogen-bond acceptors (Lipinski definition) is 6. The number of phenols is 1. The predicted octanol–water partition coefficient (Wildman–Crippen LogP) is 3.25. The second-order valence-corrected chi connectivity index (χ2v) is 7.67. The number of nitrogens with one attached hydrogen (secondary N) is 1. The van der Waals surface area contributed by atoms with Crippen molar-refractivity contribution in [2.45, 2.75) is 44.7 Å². The third kappa shape index (κ3) is 4.89. The highest BCUT2D eigenvalue weighted by atomic mass is 16.3. The molecule has 3 heterocycles. The Morgan fingerprint density at radius 2 is 1.93 bits per heavy atom. The van der Waals surface area contributed by atoms with Crippen molar-refractivity contribution >= 4 is 11.8 Å². The summed E-state index contributed by atoms with van der Waals surface area (Å²) in [6, 6.07) is 9.91. The lowest BCUT2D eigenvalue weighted by atomic mass is 10.2. The molecule has 4 rings (SSSR count). The Morgan fingerprint density at radius 3 is 2.74 bits per heavy atom. The van der Waals surface area contributed by atoms with Gasteiger partial charge in [0.1, 0.15) is 11.6 Å². The molecule has 2 aliphatic rings. The first-order chi connectivity index (χ1) is 13.3. The van der Waals surface area contributed by atoms with Gasteiger partial charge in [-0.2, -0.15) is 4.98 Å². The summed E-state index contributed by atoms with van der Waals surface area (Å²) in [5.74, 6) is 2.12. The second-order valence-electron chi connectivity index (χ2n) is 7.67. The van der Waals surface area contributed by atoms with Gasteiger partial charge in [-0.1, -0.05) is 25.0 Å². The largest absolute Gasteiger partial charge is 0.508 e. The zero-order valence-electron chi connectivity index (χ0n) is 15.8. The fraction of sp³-hybridized carbons (Fsp3) is 0.524. The van der Waals surface area contributed by atoms with Crippen LogP contribution >= 0.6 is 0 Å². The first-order valence-electron chi connectivity index (χ1n) is 10.1. The highest BCUT2D eigenvalue weighted by molar-refractivity contribution is 5.43. The van der Waals surface area contributed by atoms with Gasteiger partial charge < -0.3 is 15.3 Å². The van der Waals surface area contributed by atoms with Crippen molar-refractivity contribution in [1.29, 1.82) is 0 Å². The molecule has 0 spiro atoms. The minimum Gasteiger partial charge on any atom is -0.508 e. The average Bonchev–Trinajstić information content (AvgIpc) is 2.93. The van der Waals surface area contributed by atoms with Crippen LogP contribution in [0.1, 0.15) is 37.7 Å². The monoisotopic (exact) mass is 367 g/mol. The maximum Gasteiger partial charge on any atom is 0.224 e. The van der Waals surface area contributed by atoms with Crippen molar-refractivity contribution in [3.05, 3.63) is 42.1 Å². The van der Waals surface area contributed by atoms with Crippen molar-refractivity contribution < 1.29 is 5.11 Å². The van der Waals surface area contributed by atoms with Gasteiger partial charge in [0.2, 0.25) is 5.95 Å². The van der Waals surface area contributed by atoms with E-state index in [1.807, 2.05) is 24.4 Å². The Bertz CT molecular complexity index is 745. The average molecular weight is 367 g/mol. The molecular weight excluding hydrogens is 338 g/mol. The Kier molecular flexibility index (Phi) is 5.72. The highest BCUT2D eigenvalue weighted by Gasteiger charge is 2.23. The van der Waals surface area contributed by atoms with E-state index in [-0.39, 0.29) is 0 Å². The number of hydrogen-bond donors (Lipinski definition) is 2. The van der Waals surface area contributed by atoms with Crippen LogP contribution in [0, 0.1) is 0 Å². The third-order valence-electron chi connectivity index (χ3n) is 5.49. The Balaban J connectivity index is 1.33. The van der Waals surface area contributed by atoms with Gasteiger partial charge in [-0.25, -0.2) is 4.98 Å². The van der Waals surface area contributed by atoms with E-state index in [0.29, 0.717) is 11.8 Å². The Morgan fingerprint density at radius 1 is 1.07 bits per heavy atom. The summed E-state index contributed by atoms with van der Waals surface area (Å²) in [6.45, 7) is 5.06. The van der Waals surface area contributed by atoms with Gasteiger partial charge >= 0.3 is 0 Å². The molecule has 1 unspecified atom stereocenters. The normalized spacial score (nSPS) is 21.2. The highest BCUT2D eigenvalue weighted by Crippen LogP contribution is 2.21. The minimum absolute atomic E-state index is 0.333. The number of anilines is 2. The van der Waals surface area contributed by atoms with E-state index in [4.69, 9.17) is 4.98 Å². The molecule has 6 heteroatoms. The molecule has 2 aliphatic heterocycles. The van der Waals surface area contributed by atoms with Gasteiger partial charge in [-0.05, 0) is 43.0 Å². The molecule has 2 fully saturated rings. The van der Waals surface area contributed by atoms with Crippen LogP contribution in [0.5, 0.6) is 5.75 Å². The standard InChI is InChI=1S/C21H29N5O/c27-19-7-5-6-17(14-19)15-25-13-9-18(16-25)23-21-22-10-8-20(24-21)26-11-3-1-2-4-12-26/h5-8,10,14,18,27H,1-4,9,11-13,15-16H2,(H,22,23,24). The molecule has 0 radical (unpaired) electrons. The Labute approximate surface area is 161 Å².